The van der Waals surface area contributed by atoms with Crippen molar-refractivity contribution in [1.82, 2.24) is 4.90 Å². The van der Waals surface area contributed by atoms with Gasteiger partial charge in [0.15, 0.2) is 0 Å². The maximum Gasteiger partial charge on any atom is 0.414 e. The minimum absolute atomic E-state index is 0.325. The first-order chi connectivity index (χ1) is 11.3. The molecular formula is C18H29N3O3. The quantitative estimate of drug-likeness (QED) is 0.838. The van der Waals surface area contributed by atoms with E-state index in [1.165, 1.54) is 0 Å². The van der Waals surface area contributed by atoms with E-state index in [2.05, 4.69) is 4.90 Å². The Morgan fingerprint density at radius 1 is 1.25 bits per heavy atom. The maximum absolute atomic E-state index is 12.6. The molecule has 1 saturated heterocycles. The number of carbonyl (C=O) groups is 1. The Balaban J connectivity index is 1.98. The number of hydrogen-bond acceptors (Lipinski definition) is 5. The molecule has 1 aromatic carbocycles. The Morgan fingerprint density at radius 2 is 1.88 bits per heavy atom. The molecule has 2 N–H and O–H groups in total. The predicted octanol–water partition coefficient (Wildman–Crippen LogP) is 2.73. The van der Waals surface area contributed by atoms with Crippen molar-refractivity contribution in [2.24, 2.45) is 0 Å². The second-order valence-electron chi connectivity index (χ2n) is 7.03. The molecule has 0 spiro atoms. The lowest BCUT2D eigenvalue weighted by Crippen LogP contribution is -2.40. The predicted molar refractivity (Wildman–Crippen MR) is 96.3 cm³/mol. The highest BCUT2D eigenvalue weighted by Gasteiger charge is 2.23. The molecular weight excluding hydrogens is 306 g/mol. The number of rotatable bonds is 5. The summed E-state index contributed by atoms with van der Waals surface area (Å²) in [6.07, 6.45) is 0.554. The summed E-state index contributed by atoms with van der Waals surface area (Å²) in [6, 6.07) is 7.31. The number of nitrogen functional groups attached to an aromatic ring is 1. The van der Waals surface area contributed by atoms with Crippen LogP contribution in [0.25, 0.3) is 0 Å². The van der Waals surface area contributed by atoms with Gasteiger partial charge in [0.05, 0.1) is 13.2 Å². The Kier molecular flexibility index (Phi) is 6.45. The summed E-state index contributed by atoms with van der Waals surface area (Å²) in [7, 11) is 0. The maximum atomic E-state index is 12.6. The van der Waals surface area contributed by atoms with E-state index < -0.39 is 5.60 Å². The average molecular weight is 335 g/mol. The van der Waals surface area contributed by atoms with Gasteiger partial charge in [-0.25, -0.2) is 4.79 Å². The average Bonchev–Trinajstić information content (AvgIpc) is 2.52. The van der Waals surface area contributed by atoms with Crippen LogP contribution in [0.3, 0.4) is 0 Å². The van der Waals surface area contributed by atoms with Crippen molar-refractivity contribution in [2.45, 2.75) is 32.8 Å². The smallest absolute Gasteiger partial charge is 0.414 e. The van der Waals surface area contributed by atoms with E-state index in [9.17, 15) is 4.79 Å². The summed E-state index contributed by atoms with van der Waals surface area (Å²) in [4.78, 5) is 16.6. The summed E-state index contributed by atoms with van der Waals surface area (Å²) in [6.45, 7) is 10.7. The minimum atomic E-state index is -0.520. The fourth-order valence-corrected chi connectivity index (χ4v) is 2.57. The molecule has 0 atom stereocenters. The van der Waals surface area contributed by atoms with Gasteiger partial charge in [0, 0.05) is 37.6 Å². The van der Waals surface area contributed by atoms with Crippen molar-refractivity contribution in [1.29, 1.82) is 0 Å². The van der Waals surface area contributed by atoms with Gasteiger partial charge in [0.1, 0.15) is 5.60 Å². The lowest BCUT2D eigenvalue weighted by molar-refractivity contribution is 0.0371. The second-order valence-corrected chi connectivity index (χ2v) is 7.03. The summed E-state index contributed by atoms with van der Waals surface area (Å²) in [5, 5.41) is 0. The van der Waals surface area contributed by atoms with E-state index in [1.54, 1.807) is 17.0 Å². The number of amides is 1. The number of morpholine rings is 1. The molecule has 0 aromatic heterocycles. The fraction of sp³-hybridized carbons (Fsp3) is 0.611. The third kappa shape index (κ3) is 6.02. The number of hydrogen-bond donors (Lipinski definition) is 1. The molecule has 1 aliphatic heterocycles. The van der Waals surface area contributed by atoms with Gasteiger partial charge >= 0.3 is 6.09 Å². The van der Waals surface area contributed by atoms with Crippen molar-refractivity contribution in [3.05, 3.63) is 24.3 Å². The summed E-state index contributed by atoms with van der Waals surface area (Å²) in [5.41, 5.74) is 6.71. The van der Waals surface area contributed by atoms with Gasteiger partial charge in [0.2, 0.25) is 0 Å². The molecule has 0 bridgehead atoms. The highest BCUT2D eigenvalue weighted by atomic mass is 16.6. The Morgan fingerprint density at radius 3 is 2.46 bits per heavy atom. The van der Waals surface area contributed by atoms with Crippen LogP contribution in [-0.4, -0.2) is 56.0 Å². The summed E-state index contributed by atoms with van der Waals surface area (Å²) >= 11 is 0. The largest absolute Gasteiger partial charge is 0.443 e. The minimum Gasteiger partial charge on any atom is -0.443 e. The van der Waals surface area contributed by atoms with Gasteiger partial charge in [-0.15, -0.1) is 0 Å². The van der Waals surface area contributed by atoms with E-state index in [1.807, 2.05) is 32.9 Å². The lowest BCUT2D eigenvalue weighted by Gasteiger charge is -2.30. The van der Waals surface area contributed by atoms with Crippen molar-refractivity contribution in [3.63, 3.8) is 0 Å². The molecule has 1 amide bonds. The Hall–Kier alpha value is -1.79. The number of carbonyl (C=O) groups excluding carboxylic acids is 1. The summed E-state index contributed by atoms with van der Waals surface area (Å²) in [5.74, 6) is 0. The van der Waals surface area contributed by atoms with Crippen LogP contribution in [0.1, 0.15) is 27.2 Å². The zero-order valence-electron chi connectivity index (χ0n) is 15.0. The molecule has 0 unspecified atom stereocenters. The van der Waals surface area contributed by atoms with Gasteiger partial charge < -0.3 is 15.2 Å². The molecule has 0 saturated carbocycles. The van der Waals surface area contributed by atoms with Crippen molar-refractivity contribution in [3.8, 4) is 0 Å². The molecule has 1 heterocycles. The number of benzene rings is 1. The normalized spacial score (nSPS) is 16.0. The van der Waals surface area contributed by atoms with Crippen LogP contribution in [0, 0.1) is 0 Å². The molecule has 6 heteroatoms. The molecule has 1 aromatic rings. The van der Waals surface area contributed by atoms with E-state index in [4.69, 9.17) is 15.2 Å². The van der Waals surface area contributed by atoms with Crippen molar-refractivity contribution < 1.29 is 14.3 Å². The molecule has 0 aliphatic carbocycles. The summed E-state index contributed by atoms with van der Waals surface area (Å²) < 4.78 is 10.9. The molecule has 24 heavy (non-hydrogen) atoms. The number of nitrogens with two attached hydrogens (primary N) is 1. The van der Waals surface area contributed by atoms with Crippen molar-refractivity contribution in [2.75, 3.05) is 50.0 Å². The SMILES string of the molecule is CC(C)(C)OC(=O)N(CCCN1CCOCC1)c1ccc(N)cc1. The van der Waals surface area contributed by atoms with Crippen LogP contribution in [0.5, 0.6) is 0 Å². The van der Waals surface area contributed by atoms with E-state index in [-0.39, 0.29) is 6.09 Å². The monoisotopic (exact) mass is 335 g/mol. The van der Waals surface area contributed by atoms with E-state index in [0.29, 0.717) is 12.2 Å². The first-order valence-electron chi connectivity index (χ1n) is 8.51. The van der Waals surface area contributed by atoms with Crippen LogP contribution in [0.15, 0.2) is 24.3 Å². The first-order valence-corrected chi connectivity index (χ1v) is 8.51. The second kappa shape index (κ2) is 8.35. The topological polar surface area (TPSA) is 68.0 Å². The van der Waals surface area contributed by atoms with Crippen LogP contribution >= 0.6 is 0 Å². The van der Waals surface area contributed by atoms with Gasteiger partial charge in [0.25, 0.3) is 0 Å². The molecule has 134 valence electrons. The first kappa shape index (κ1) is 18.5. The molecule has 0 radical (unpaired) electrons. The Bertz CT molecular complexity index is 519. The number of anilines is 2. The number of nitrogens with zero attached hydrogens (tertiary/aromatic N) is 2. The molecule has 1 aliphatic rings. The third-order valence-electron chi connectivity index (χ3n) is 3.78. The van der Waals surface area contributed by atoms with E-state index >= 15 is 0 Å². The zero-order chi connectivity index (χ0) is 17.6. The molecule has 1 fully saturated rings. The van der Waals surface area contributed by atoms with Crippen LogP contribution in [-0.2, 0) is 9.47 Å². The number of ether oxygens (including phenoxy) is 2. The highest BCUT2D eigenvalue weighted by molar-refractivity contribution is 5.88. The lowest BCUT2D eigenvalue weighted by atomic mass is 10.2. The van der Waals surface area contributed by atoms with Crippen molar-refractivity contribution >= 4 is 17.5 Å². The highest BCUT2D eigenvalue weighted by Crippen LogP contribution is 2.20. The molecule has 6 nitrogen and oxygen atoms in total. The van der Waals surface area contributed by atoms with Crippen LogP contribution < -0.4 is 10.6 Å². The van der Waals surface area contributed by atoms with Gasteiger partial charge in [-0.3, -0.25) is 9.80 Å². The van der Waals surface area contributed by atoms with Crippen LogP contribution in [0.4, 0.5) is 16.2 Å². The fourth-order valence-electron chi connectivity index (χ4n) is 2.57. The Labute approximate surface area is 144 Å². The molecule has 2 rings (SSSR count). The standard InChI is InChI=1S/C18H29N3O3/c1-18(2,3)24-17(22)21(16-7-5-15(19)6-8-16)10-4-9-20-11-13-23-14-12-20/h5-8H,4,9-14,19H2,1-3H3. The van der Waals surface area contributed by atoms with Gasteiger partial charge in [-0.05, 0) is 51.5 Å². The van der Waals surface area contributed by atoms with Gasteiger partial charge in [-0.1, -0.05) is 0 Å². The third-order valence-corrected chi connectivity index (χ3v) is 3.78. The van der Waals surface area contributed by atoms with E-state index in [0.717, 1.165) is 45.0 Å². The zero-order valence-corrected chi connectivity index (χ0v) is 15.0. The van der Waals surface area contributed by atoms with Gasteiger partial charge in [-0.2, -0.15) is 0 Å². The van der Waals surface area contributed by atoms with Crippen LogP contribution in [0.2, 0.25) is 0 Å².